The lowest BCUT2D eigenvalue weighted by molar-refractivity contribution is -0.153. The van der Waals surface area contributed by atoms with E-state index in [4.69, 9.17) is 5.73 Å². The van der Waals surface area contributed by atoms with Gasteiger partial charge in [-0.3, -0.25) is 24.1 Å². The number of hydrogen-bond acceptors (Lipinski definition) is 8. The summed E-state index contributed by atoms with van der Waals surface area (Å²) in [4.78, 5) is 55.9. The van der Waals surface area contributed by atoms with E-state index in [9.17, 15) is 34.5 Å². The smallest absolute Gasteiger partial charge is 0.259 e. The van der Waals surface area contributed by atoms with Crippen LogP contribution < -0.4 is 11.3 Å². The Morgan fingerprint density at radius 2 is 1.94 bits per heavy atom. The number of pyridine rings is 1. The number of aliphatic hydroxyl groups excluding tert-OH is 2. The van der Waals surface area contributed by atoms with Crippen molar-refractivity contribution >= 4 is 29.3 Å². The molecule has 0 aliphatic heterocycles. The van der Waals surface area contributed by atoms with Crippen molar-refractivity contribution in [1.29, 1.82) is 0 Å². The van der Waals surface area contributed by atoms with E-state index in [1.807, 2.05) is 12.2 Å². The molecule has 0 saturated heterocycles. The number of aryl methyl sites for hydroxylation is 1. The van der Waals surface area contributed by atoms with Crippen LogP contribution in [0.4, 0.5) is 0 Å². The van der Waals surface area contributed by atoms with Gasteiger partial charge in [0.2, 0.25) is 5.78 Å². The minimum absolute atomic E-state index is 0.0402. The van der Waals surface area contributed by atoms with Gasteiger partial charge in [-0.05, 0) is 56.8 Å². The van der Waals surface area contributed by atoms with Gasteiger partial charge in [0.1, 0.15) is 17.1 Å². The lowest BCUT2D eigenvalue weighted by atomic mass is 9.57. The van der Waals surface area contributed by atoms with Gasteiger partial charge in [-0.1, -0.05) is 12.2 Å². The maximum Gasteiger partial charge on any atom is 0.259 e. The minimum atomic E-state index is -2.65. The fraction of sp³-hybridized carbons (Fsp3) is 0.417. The molecule has 4 atom stereocenters. The minimum Gasteiger partial charge on any atom is -0.508 e. The Labute approximate surface area is 194 Å². The summed E-state index contributed by atoms with van der Waals surface area (Å²) < 4.78 is 0. The number of H-pyrrole nitrogens is 1. The van der Waals surface area contributed by atoms with Crippen LogP contribution in [0, 0.1) is 11.8 Å². The number of allylic oxidation sites excluding steroid dienone is 1. The fourth-order valence-electron chi connectivity index (χ4n) is 6.14. The Bertz CT molecular complexity index is 1330. The van der Waals surface area contributed by atoms with Crippen molar-refractivity contribution in [3.63, 3.8) is 0 Å². The average molecular weight is 467 g/mol. The number of primary amides is 1. The first-order chi connectivity index (χ1) is 16.0. The number of aliphatic hydroxyl groups is 3. The van der Waals surface area contributed by atoms with Gasteiger partial charge in [-0.2, -0.15) is 0 Å². The first-order valence-electron chi connectivity index (χ1n) is 11.1. The Morgan fingerprint density at radius 3 is 2.59 bits per heavy atom. The number of likely N-dealkylation sites (N-methyl/N-ethyl adjacent to an activating group) is 1. The van der Waals surface area contributed by atoms with E-state index in [0.29, 0.717) is 12.0 Å². The molecule has 1 aromatic rings. The van der Waals surface area contributed by atoms with Crippen molar-refractivity contribution < 1.29 is 29.7 Å². The van der Waals surface area contributed by atoms with Crippen molar-refractivity contribution in [1.82, 2.24) is 9.88 Å². The Morgan fingerprint density at radius 1 is 1.24 bits per heavy atom. The molecule has 0 radical (unpaired) electrons. The van der Waals surface area contributed by atoms with E-state index in [-0.39, 0.29) is 24.0 Å². The molecule has 1 aromatic heterocycles. The lowest BCUT2D eigenvalue weighted by Gasteiger charge is -2.50. The highest BCUT2D eigenvalue weighted by Crippen LogP contribution is 2.51. The molecule has 1 fully saturated rings. The van der Waals surface area contributed by atoms with Crippen LogP contribution in [0.3, 0.4) is 0 Å². The molecule has 10 nitrogen and oxygen atoms in total. The Balaban J connectivity index is 1.76. The standard InChI is InChI=1S/C24H25N3O7/c1-27(2)17-12-8-9-7-11-10-5-3-4-6-13(10)26-23(33)15(11)18(28)14(9)20(30)24(12,34)21(31)16(19(17)29)22(25)32/h3,5,9,12,17,28,31,34H,4,6-8H2,1-2H3,(H2,25,32)(H,26,33)/t9?,12?,17-,24-/m0/s1. The van der Waals surface area contributed by atoms with Gasteiger partial charge in [0.15, 0.2) is 11.4 Å². The number of nitrogens with two attached hydrogens (primary N) is 1. The lowest BCUT2D eigenvalue weighted by Crippen LogP contribution is -2.65. The third-order valence-electron chi connectivity index (χ3n) is 7.60. The highest BCUT2D eigenvalue weighted by Gasteiger charge is 2.64. The van der Waals surface area contributed by atoms with Crippen molar-refractivity contribution in [2.24, 2.45) is 17.6 Å². The number of rotatable bonds is 2. The molecule has 6 N–H and O–H groups in total. The van der Waals surface area contributed by atoms with Crippen LogP contribution in [-0.2, 0) is 27.2 Å². The van der Waals surface area contributed by atoms with Crippen molar-refractivity contribution in [2.45, 2.75) is 37.3 Å². The molecular weight excluding hydrogens is 442 g/mol. The summed E-state index contributed by atoms with van der Waals surface area (Å²) in [7, 11) is 3.13. The number of carbonyl (C=O) groups excluding carboxylic acids is 3. The van der Waals surface area contributed by atoms with Crippen molar-refractivity contribution in [2.75, 3.05) is 14.1 Å². The molecule has 4 aliphatic carbocycles. The summed E-state index contributed by atoms with van der Waals surface area (Å²) in [5.41, 5.74) is 3.21. The van der Waals surface area contributed by atoms with E-state index in [2.05, 4.69) is 4.98 Å². The van der Waals surface area contributed by atoms with Crippen LogP contribution in [0.25, 0.3) is 11.8 Å². The maximum atomic E-state index is 13.7. The molecule has 1 amide bonds. The fourth-order valence-corrected chi connectivity index (χ4v) is 6.14. The number of fused-ring (bicyclic) bond motifs is 5. The molecule has 4 aliphatic rings. The number of hydrogen-bond donors (Lipinski definition) is 5. The zero-order valence-corrected chi connectivity index (χ0v) is 18.7. The SMILES string of the molecule is CN(C)[C@@H]1C(=O)C(C(N)=O)=C(O)[C@@]2(O)C(=O)C3=C(O)c4c(c5c([nH]c4=O)CCC=C5)CC3CC12. The summed E-state index contributed by atoms with van der Waals surface area (Å²) in [6.45, 7) is 0. The molecule has 1 heterocycles. The molecule has 0 bridgehead atoms. The van der Waals surface area contributed by atoms with Crippen LogP contribution in [0.15, 0.2) is 27.8 Å². The first kappa shape index (κ1) is 22.3. The Hall–Kier alpha value is -3.50. The monoisotopic (exact) mass is 467 g/mol. The number of aromatic nitrogens is 1. The van der Waals surface area contributed by atoms with Gasteiger partial charge in [0.05, 0.1) is 11.6 Å². The average Bonchev–Trinajstić information content (AvgIpc) is 2.75. The van der Waals surface area contributed by atoms with Gasteiger partial charge in [-0.25, -0.2) is 0 Å². The number of ketones is 2. The third-order valence-corrected chi connectivity index (χ3v) is 7.60. The second kappa shape index (κ2) is 7.25. The third kappa shape index (κ3) is 2.69. The van der Waals surface area contributed by atoms with Crippen LogP contribution in [0.5, 0.6) is 0 Å². The van der Waals surface area contributed by atoms with Gasteiger partial charge >= 0.3 is 0 Å². The number of nitrogens with zero attached hydrogens (tertiary/aromatic N) is 1. The molecule has 34 heavy (non-hydrogen) atoms. The van der Waals surface area contributed by atoms with Crippen LogP contribution in [-0.4, -0.2) is 68.4 Å². The van der Waals surface area contributed by atoms with E-state index in [1.165, 1.54) is 4.90 Å². The van der Waals surface area contributed by atoms with E-state index in [1.54, 1.807) is 14.1 Å². The molecule has 178 valence electrons. The highest BCUT2D eigenvalue weighted by atomic mass is 16.3. The predicted molar refractivity (Wildman–Crippen MR) is 121 cm³/mol. The van der Waals surface area contributed by atoms with E-state index >= 15 is 0 Å². The van der Waals surface area contributed by atoms with Gasteiger partial charge in [0.25, 0.3) is 11.5 Å². The highest BCUT2D eigenvalue weighted by molar-refractivity contribution is 6.24. The zero-order valence-electron chi connectivity index (χ0n) is 18.7. The summed E-state index contributed by atoms with van der Waals surface area (Å²) in [6, 6.07) is -1.11. The van der Waals surface area contributed by atoms with Gasteiger partial charge in [-0.15, -0.1) is 0 Å². The normalized spacial score (nSPS) is 30.2. The Kier molecular flexibility index (Phi) is 4.75. The molecule has 0 aromatic carbocycles. The second-order valence-corrected chi connectivity index (χ2v) is 9.60. The van der Waals surface area contributed by atoms with Gasteiger partial charge < -0.3 is 26.0 Å². The molecule has 2 unspecified atom stereocenters. The summed E-state index contributed by atoms with van der Waals surface area (Å²) in [6.07, 6.45) is 5.56. The van der Waals surface area contributed by atoms with Crippen molar-refractivity contribution in [3.8, 4) is 0 Å². The summed E-state index contributed by atoms with van der Waals surface area (Å²) >= 11 is 0. The number of aromatic amines is 1. The molecule has 1 saturated carbocycles. The molecule has 5 rings (SSSR count). The second-order valence-electron chi connectivity index (χ2n) is 9.60. The van der Waals surface area contributed by atoms with E-state index in [0.717, 1.165) is 17.7 Å². The number of Topliss-reactive ketones (excluding diaryl/α,β-unsaturated/α-hetero) is 2. The molecular formula is C24H25N3O7. The predicted octanol–water partition coefficient (Wildman–Crippen LogP) is -0.0939. The largest absolute Gasteiger partial charge is 0.508 e. The number of amides is 1. The zero-order chi connectivity index (χ0) is 24.7. The topological polar surface area (TPSA) is 174 Å². The molecule has 0 spiro atoms. The summed E-state index contributed by atoms with van der Waals surface area (Å²) in [5, 5.41) is 33.5. The van der Waals surface area contributed by atoms with Crippen LogP contribution in [0.2, 0.25) is 0 Å². The quantitative estimate of drug-likeness (QED) is 0.375. The summed E-state index contributed by atoms with van der Waals surface area (Å²) in [5.74, 6) is -6.45. The van der Waals surface area contributed by atoms with Gasteiger partial charge in [0, 0.05) is 17.2 Å². The van der Waals surface area contributed by atoms with E-state index < -0.39 is 63.6 Å². The molecule has 10 heteroatoms. The van der Waals surface area contributed by atoms with Crippen LogP contribution >= 0.6 is 0 Å². The number of nitrogens with one attached hydrogen (secondary N) is 1. The van der Waals surface area contributed by atoms with Crippen molar-refractivity contribution in [3.05, 3.63) is 55.7 Å². The maximum absolute atomic E-state index is 13.7. The number of carbonyl (C=O) groups is 3. The van der Waals surface area contributed by atoms with Crippen LogP contribution in [0.1, 0.15) is 35.2 Å². The first-order valence-corrected chi connectivity index (χ1v) is 11.1.